The third-order valence-corrected chi connectivity index (χ3v) is 6.24. The van der Waals surface area contributed by atoms with Gasteiger partial charge >= 0.3 is 0 Å². The van der Waals surface area contributed by atoms with Crippen LogP contribution < -0.4 is 19.9 Å². The molecule has 0 aliphatic carbocycles. The minimum absolute atomic E-state index is 0.126. The maximum atomic E-state index is 12.8. The molecule has 1 unspecified atom stereocenters. The molecule has 9 nitrogen and oxygen atoms in total. The average molecular weight is 486 g/mol. The van der Waals surface area contributed by atoms with E-state index in [-0.39, 0.29) is 11.7 Å². The molecule has 0 radical (unpaired) electrons. The summed E-state index contributed by atoms with van der Waals surface area (Å²) in [5, 5.41) is 0. The van der Waals surface area contributed by atoms with Gasteiger partial charge in [0, 0.05) is 54.8 Å². The summed E-state index contributed by atoms with van der Waals surface area (Å²) in [7, 11) is 4.98. The maximum absolute atomic E-state index is 12.8. The van der Waals surface area contributed by atoms with Gasteiger partial charge in [0.2, 0.25) is 11.8 Å². The number of hydrogen-bond donors (Lipinski definition) is 0. The van der Waals surface area contributed by atoms with E-state index in [0.717, 1.165) is 28.1 Å². The van der Waals surface area contributed by atoms with Gasteiger partial charge in [0.05, 0.1) is 38.8 Å². The van der Waals surface area contributed by atoms with Crippen molar-refractivity contribution in [2.45, 2.75) is 6.10 Å². The highest BCUT2D eigenvalue weighted by atomic mass is 16.5. The first-order valence-electron chi connectivity index (χ1n) is 11.6. The van der Waals surface area contributed by atoms with E-state index in [1.165, 1.54) is 0 Å². The highest BCUT2D eigenvalue weighted by molar-refractivity contribution is 5.63. The van der Waals surface area contributed by atoms with Gasteiger partial charge in [0.15, 0.2) is 0 Å². The lowest BCUT2D eigenvalue weighted by atomic mass is 10.0. The Hall–Kier alpha value is -4.24. The van der Waals surface area contributed by atoms with Crippen LogP contribution in [-0.4, -0.2) is 53.4 Å². The summed E-state index contributed by atoms with van der Waals surface area (Å²) < 4.78 is 18.7. The van der Waals surface area contributed by atoms with Crippen molar-refractivity contribution in [3.8, 4) is 34.1 Å². The SMILES string of the molecule is COc1cccc(-c2ccc(OC)c(C3CN(c4nc(-c5ccncc5)cc(=O)n4C)CCO3)c2)n1. The first kappa shape index (κ1) is 23.5. The molecular weight excluding hydrogens is 458 g/mol. The molecule has 1 atom stereocenters. The van der Waals surface area contributed by atoms with Gasteiger partial charge < -0.3 is 19.1 Å². The first-order chi connectivity index (χ1) is 17.6. The van der Waals surface area contributed by atoms with Crippen LogP contribution in [0.4, 0.5) is 5.95 Å². The molecule has 184 valence electrons. The molecule has 9 heteroatoms. The Bertz CT molecular complexity index is 1420. The van der Waals surface area contributed by atoms with Gasteiger partial charge in [-0.25, -0.2) is 9.97 Å². The lowest BCUT2D eigenvalue weighted by molar-refractivity contribution is 0.0375. The van der Waals surface area contributed by atoms with E-state index in [0.29, 0.717) is 37.2 Å². The summed E-state index contributed by atoms with van der Waals surface area (Å²) in [6.45, 7) is 1.59. The first-order valence-corrected chi connectivity index (χ1v) is 11.6. The third kappa shape index (κ3) is 4.65. The van der Waals surface area contributed by atoms with Crippen molar-refractivity contribution < 1.29 is 14.2 Å². The zero-order valence-corrected chi connectivity index (χ0v) is 20.4. The van der Waals surface area contributed by atoms with Crippen LogP contribution in [0, 0.1) is 0 Å². The van der Waals surface area contributed by atoms with Gasteiger partial charge in [-0.3, -0.25) is 14.3 Å². The van der Waals surface area contributed by atoms with Crippen molar-refractivity contribution in [2.75, 3.05) is 38.8 Å². The van der Waals surface area contributed by atoms with Gasteiger partial charge in [-0.15, -0.1) is 0 Å². The van der Waals surface area contributed by atoms with E-state index in [1.807, 2.05) is 48.5 Å². The minimum atomic E-state index is -0.291. The van der Waals surface area contributed by atoms with Crippen molar-refractivity contribution in [3.63, 3.8) is 0 Å². The highest BCUT2D eigenvalue weighted by Crippen LogP contribution is 2.35. The van der Waals surface area contributed by atoms with E-state index < -0.39 is 0 Å². The Kier molecular flexibility index (Phi) is 6.64. The lowest BCUT2D eigenvalue weighted by Gasteiger charge is -2.35. The second-order valence-electron chi connectivity index (χ2n) is 8.40. The normalized spacial score (nSPS) is 15.5. The van der Waals surface area contributed by atoms with E-state index in [4.69, 9.17) is 19.2 Å². The Morgan fingerprint density at radius 1 is 0.944 bits per heavy atom. The molecular formula is C27H27N5O4. The average Bonchev–Trinajstić information content (AvgIpc) is 2.94. The number of morpholine rings is 1. The standard InChI is InChI=1S/C27H27N5O4/c1-31-26(33)16-22(18-9-11-28-12-10-18)30-27(31)32-13-14-36-24(17-32)20-15-19(7-8-23(20)34-2)21-5-4-6-25(29-21)35-3/h4-12,15-16,24H,13-14,17H2,1-3H3. The fourth-order valence-corrected chi connectivity index (χ4v) is 4.33. The highest BCUT2D eigenvalue weighted by Gasteiger charge is 2.28. The van der Waals surface area contributed by atoms with E-state index in [9.17, 15) is 4.79 Å². The van der Waals surface area contributed by atoms with Crippen LogP contribution in [-0.2, 0) is 11.8 Å². The van der Waals surface area contributed by atoms with Crippen LogP contribution in [0.2, 0.25) is 0 Å². The molecule has 0 saturated carbocycles. The van der Waals surface area contributed by atoms with Crippen LogP contribution in [0.25, 0.3) is 22.5 Å². The van der Waals surface area contributed by atoms with Gasteiger partial charge in [-0.05, 0) is 36.4 Å². The summed E-state index contributed by atoms with van der Waals surface area (Å²) in [4.78, 5) is 28.3. The Balaban J connectivity index is 1.49. The molecule has 1 fully saturated rings. The lowest BCUT2D eigenvalue weighted by Crippen LogP contribution is -2.41. The number of nitrogens with zero attached hydrogens (tertiary/aromatic N) is 5. The van der Waals surface area contributed by atoms with Crippen LogP contribution in [0.1, 0.15) is 11.7 Å². The van der Waals surface area contributed by atoms with E-state index in [1.54, 1.807) is 44.3 Å². The zero-order chi connectivity index (χ0) is 25.1. The largest absolute Gasteiger partial charge is 0.496 e. The molecule has 0 N–H and O–H groups in total. The molecule has 0 spiro atoms. The number of anilines is 1. The molecule has 0 bridgehead atoms. The van der Waals surface area contributed by atoms with Gasteiger partial charge in [0.1, 0.15) is 11.9 Å². The summed E-state index contributed by atoms with van der Waals surface area (Å²) in [6.07, 6.45) is 3.09. The van der Waals surface area contributed by atoms with Crippen LogP contribution >= 0.6 is 0 Å². The molecule has 1 saturated heterocycles. The molecule has 0 amide bonds. The molecule has 1 aromatic carbocycles. The fourth-order valence-electron chi connectivity index (χ4n) is 4.33. The molecule has 1 aliphatic rings. The zero-order valence-electron chi connectivity index (χ0n) is 20.4. The van der Waals surface area contributed by atoms with E-state index in [2.05, 4.69) is 14.9 Å². The van der Waals surface area contributed by atoms with Crippen LogP contribution in [0.5, 0.6) is 11.6 Å². The van der Waals surface area contributed by atoms with Crippen molar-refractivity contribution >= 4 is 5.95 Å². The number of methoxy groups -OCH3 is 2. The number of rotatable bonds is 6. The topological polar surface area (TPSA) is 91.6 Å². The number of hydrogen-bond acceptors (Lipinski definition) is 8. The van der Waals surface area contributed by atoms with Crippen molar-refractivity contribution in [1.29, 1.82) is 0 Å². The number of benzene rings is 1. The fraction of sp³-hybridized carbons (Fsp3) is 0.259. The molecule has 4 aromatic rings. The molecule has 4 heterocycles. The second kappa shape index (κ2) is 10.2. The Labute approximate surface area is 209 Å². The van der Waals surface area contributed by atoms with Crippen LogP contribution in [0.3, 0.4) is 0 Å². The van der Waals surface area contributed by atoms with Crippen molar-refractivity contribution in [2.24, 2.45) is 7.05 Å². The summed E-state index contributed by atoms with van der Waals surface area (Å²) in [5.74, 6) is 1.86. The summed E-state index contributed by atoms with van der Waals surface area (Å²) in [6, 6.07) is 16.8. The van der Waals surface area contributed by atoms with Gasteiger partial charge in [0.25, 0.3) is 5.56 Å². The monoisotopic (exact) mass is 485 g/mol. The van der Waals surface area contributed by atoms with Crippen molar-refractivity contribution in [3.05, 3.63) is 82.9 Å². The molecule has 3 aromatic heterocycles. The molecule has 5 rings (SSSR count). The van der Waals surface area contributed by atoms with Gasteiger partial charge in [-0.1, -0.05) is 6.07 Å². The molecule has 36 heavy (non-hydrogen) atoms. The van der Waals surface area contributed by atoms with Gasteiger partial charge in [-0.2, -0.15) is 0 Å². The third-order valence-electron chi connectivity index (χ3n) is 6.24. The Morgan fingerprint density at radius 2 is 1.78 bits per heavy atom. The summed E-state index contributed by atoms with van der Waals surface area (Å²) in [5.41, 5.74) is 3.95. The number of aromatic nitrogens is 4. The van der Waals surface area contributed by atoms with E-state index >= 15 is 0 Å². The smallest absolute Gasteiger partial charge is 0.255 e. The second-order valence-corrected chi connectivity index (χ2v) is 8.40. The number of ether oxygens (including phenoxy) is 3. The number of pyridine rings is 2. The minimum Gasteiger partial charge on any atom is -0.496 e. The Morgan fingerprint density at radius 3 is 2.56 bits per heavy atom. The predicted octanol–water partition coefficient (Wildman–Crippen LogP) is 3.50. The summed E-state index contributed by atoms with van der Waals surface area (Å²) >= 11 is 0. The maximum Gasteiger partial charge on any atom is 0.255 e. The molecule has 1 aliphatic heterocycles. The predicted molar refractivity (Wildman–Crippen MR) is 136 cm³/mol. The van der Waals surface area contributed by atoms with Crippen LogP contribution in [0.15, 0.2) is 71.8 Å². The van der Waals surface area contributed by atoms with Crippen molar-refractivity contribution in [1.82, 2.24) is 19.5 Å². The quantitative estimate of drug-likeness (QED) is 0.410.